The molecule has 0 aliphatic carbocycles. The third-order valence-electron chi connectivity index (χ3n) is 3.73. The van der Waals surface area contributed by atoms with Crippen molar-refractivity contribution < 1.29 is 19.9 Å². The van der Waals surface area contributed by atoms with Crippen LogP contribution in [0, 0.1) is 10.1 Å². The molecule has 0 amide bonds. The lowest BCUT2D eigenvalue weighted by molar-refractivity contribution is -0.384. The molecule has 2 unspecified atom stereocenters. The van der Waals surface area contributed by atoms with E-state index in [0.29, 0.717) is 11.1 Å². The SMILES string of the molecule is CC(CC(O)C(=O)O)c1ccc(-c2ccccc2)c([N+](=O)[O-])c1. The molecular weight excluding hydrogens is 298 g/mol. The lowest BCUT2D eigenvalue weighted by Crippen LogP contribution is -2.21. The van der Waals surface area contributed by atoms with Crippen molar-refractivity contribution in [2.24, 2.45) is 0 Å². The summed E-state index contributed by atoms with van der Waals surface area (Å²) in [4.78, 5) is 21.6. The zero-order valence-corrected chi connectivity index (χ0v) is 12.5. The summed E-state index contributed by atoms with van der Waals surface area (Å²) in [5, 5.41) is 29.6. The molecule has 2 aromatic carbocycles. The zero-order chi connectivity index (χ0) is 17.0. The topological polar surface area (TPSA) is 101 Å². The molecule has 0 heterocycles. The summed E-state index contributed by atoms with van der Waals surface area (Å²) in [6, 6.07) is 13.9. The minimum Gasteiger partial charge on any atom is -0.479 e. The first-order valence-corrected chi connectivity index (χ1v) is 7.14. The van der Waals surface area contributed by atoms with Gasteiger partial charge in [0.05, 0.1) is 10.5 Å². The maximum Gasteiger partial charge on any atom is 0.332 e. The lowest BCUT2D eigenvalue weighted by Gasteiger charge is -2.15. The Balaban J connectivity index is 2.37. The Morgan fingerprint density at radius 1 is 1.22 bits per heavy atom. The third-order valence-corrected chi connectivity index (χ3v) is 3.73. The molecule has 6 nitrogen and oxygen atoms in total. The van der Waals surface area contributed by atoms with Crippen molar-refractivity contribution in [3.05, 3.63) is 64.2 Å². The first kappa shape index (κ1) is 16.6. The van der Waals surface area contributed by atoms with E-state index in [-0.39, 0.29) is 18.0 Å². The fourth-order valence-electron chi connectivity index (χ4n) is 2.44. The molecule has 0 saturated carbocycles. The molecule has 23 heavy (non-hydrogen) atoms. The average Bonchev–Trinajstić information content (AvgIpc) is 2.54. The molecule has 2 rings (SSSR count). The van der Waals surface area contributed by atoms with E-state index in [0.717, 1.165) is 5.56 Å². The van der Waals surface area contributed by atoms with Crippen molar-refractivity contribution in [3.63, 3.8) is 0 Å². The number of aliphatic hydroxyl groups excluding tert-OH is 1. The van der Waals surface area contributed by atoms with Crippen LogP contribution in [0.1, 0.15) is 24.8 Å². The van der Waals surface area contributed by atoms with Gasteiger partial charge in [-0.15, -0.1) is 0 Å². The van der Waals surface area contributed by atoms with E-state index < -0.39 is 17.0 Å². The molecule has 2 atom stereocenters. The van der Waals surface area contributed by atoms with Crippen LogP contribution in [0.15, 0.2) is 48.5 Å². The van der Waals surface area contributed by atoms with E-state index in [4.69, 9.17) is 5.11 Å². The van der Waals surface area contributed by atoms with E-state index in [9.17, 15) is 20.0 Å². The predicted molar refractivity (Wildman–Crippen MR) is 85.2 cm³/mol. The smallest absolute Gasteiger partial charge is 0.332 e. The molecule has 2 aromatic rings. The Morgan fingerprint density at radius 3 is 2.43 bits per heavy atom. The second-order valence-electron chi connectivity index (χ2n) is 5.39. The normalized spacial score (nSPS) is 13.3. The second-order valence-corrected chi connectivity index (χ2v) is 5.39. The molecular formula is C17H17NO5. The number of aliphatic hydroxyl groups is 1. The van der Waals surface area contributed by atoms with Gasteiger partial charge >= 0.3 is 5.97 Å². The average molecular weight is 315 g/mol. The van der Waals surface area contributed by atoms with Crippen molar-refractivity contribution in [3.8, 4) is 11.1 Å². The molecule has 2 N–H and O–H groups in total. The predicted octanol–water partition coefficient (Wildman–Crippen LogP) is 3.20. The van der Waals surface area contributed by atoms with Crippen LogP contribution < -0.4 is 0 Å². The number of nitrogens with zero attached hydrogens (tertiary/aromatic N) is 1. The van der Waals surface area contributed by atoms with Gasteiger partial charge in [0, 0.05) is 6.07 Å². The number of rotatable bonds is 6. The lowest BCUT2D eigenvalue weighted by atomic mass is 9.92. The molecule has 0 bridgehead atoms. The maximum atomic E-state index is 11.4. The minimum absolute atomic E-state index is 0.00281. The van der Waals surface area contributed by atoms with Crippen molar-refractivity contribution in [1.29, 1.82) is 0 Å². The Labute approximate surface area is 133 Å². The quantitative estimate of drug-likeness (QED) is 0.629. The Kier molecular flexibility index (Phi) is 5.08. The molecule has 0 spiro atoms. The third kappa shape index (κ3) is 3.92. The monoisotopic (exact) mass is 315 g/mol. The molecule has 0 fully saturated rings. The summed E-state index contributed by atoms with van der Waals surface area (Å²) < 4.78 is 0. The summed E-state index contributed by atoms with van der Waals surface area (Å²) in [6.07, 6.45) is -1.49. The van der Waals surface area contributed by atoms with Crippen LogP contribution in [0.3, 0.4) is 0 Å². The van der Waals surface area contributed by atoms with Crippen LogP contribution in [0.4, 0.5) is 5.69 Å². The van der Waals surface area contributed by atoms with E-state index in [1.807, 2.05) is 6.07 Å². The van der Waals surface area contributed by atoms with Gasteiger partial charge in [-0.2, -0.15) is 0 Å². The van der Waals surface area contributed by atoms with Gasteiger partial charge in [-0.25, -0.2) is 4.79 Å². The highest BCUT2D eigenvalue weighted by Gasteiger charge is 2.22. The van der Waals surface area contributed by atoms with E-state index in [2.05, 4.69) is 0 Å². The largest absolute Gasteiger partial charge is 0.479 e. The molecule has 6 heteroatoms. The summed E-state index contributed by atoms with van der Waals surface area (Å²) >= 11 is 0. The number of benzene rings is 2. The van der Waals surface area contributed by atoms with Crippen LogP contribution in [-0.2, 0) is 4.79 Å². The Hall–Kier alpha value is -2.73. The van der Waals surface area contributed by atoms with E-state index in [1.54, 1.807) is 43.3 Å². The second kappa shape index (κ2) is 7.02. The number of carbonyl (C=O) groups is 1. The molecule has 120 valence electrons. The van der Waals surface area contributed by atoms with E-state index >= 15 is 0 Å². The Morgan fingerprint density at radius 2 is 1.87 bits per heavy atom. The van der Waals surface area contributed by atoms with Gasteiger partial charge < -0.3 is 10.2 Å². The first-order chi connectivity index (χ1) is 10.9. The summed E-state index contributed by atoms with van der Waals surface area (Å²) in [5.41, 5.74) is 1.83. The van der Waals surface area contributed by atoms with Crippen LogP contribution in [0.2, 0.25) is 0 Å². The molecule has 0 aliphatic rings. The van der Waals surface area contributed by atoms with Crippen molar-refractivity contribution in [2.45, 2.75) is 25.4 Å². The standard InChI is InChI=1S/C17H17NO5/c1-11(9-16(19)17(20)21)13-7-8-14(15(10-13)18(22)23)12-5-3-2-4-6-12/h2-8,10-11,16,19H,9H2,1H3,(H,20,21). The number of carboxylic acids is 1. The van der Waals surface area contributed by atoms with Gasteiger partial charge in [0.1, 0.15) is 0 Å². The van der Waals surface area contributed by atoms with Crippen LogP contribution in [0.5, 0.6) is 0 Å². The fraction of sp³-hybridized carbons (Fsp3) is 0.235. The maximum absolute atomic E-state index is 11.4. The van der Waals surface area contributed by atoms with Crippen molar-refractivity contribution in [1.82, 2.24) is 0 Å². The minimum atomic E-state index is -1.49. The van der Waals surface area contributed by atoms with Gasteiger partial charge in [0.2, 0.25) is 0 Å². The van der Waals surface area contributed by atoms with Crippen LogP contribution in [0.25, 0.3) is 11.1 Å². The van der Waals surface area contributed by atoms with Gasteiger partial charge in [-0.1, -0.05) is 43.3 Å². The van der Waals surface area contributed by atoms with Gasteiger partial charge in [-0.05, 0) is 29.5 Å². The van der Waals surface area contributed by atoms with Gasteiger partial charge in [0.15, 0.2) is 6.10 Å². The first-order valence-electron chi connectivity index (χ1n) is 7.14. The number of aliphatic carboxylic acids is 1. The highest BCUT2D eigenvalue weighted by atomic mass is 16.6. The number of carboxylic acid groups (broad SMARTS) is 1. The fourth-order valence-corrected chi connectivity index (χ4v) is 2.44. The molecule has 0 aromatic heterocycles. The van der Waals surface area contributed by atoms with Crippen molar-refractivity contribution in [2.75, 3.05) is 0 Å². The van der Waals surface area contributed by atoms with Gasteiger partial charge in [-0.3, -0.25) is 10.1 Å². The van der Waals surface area contributed by atoms with Crippen LogP contribution in [-0.4, -0.2) is 27.2 Å². The zero-order valence-electron chi connectivity index (χ0n) is 12.5. The number of hydrogen-bond donors (Lipinski definition) is 2. The van der Waals surface area contributed by atoms with E-state index in [1.165, 1.54) is 6.07 Å². The Bertz CT molecular complexity index is 714. The molecule has 0 aliphatic heterocycles. The summed E-state index contributed by atoms with van der Waals surface area (Å²) in [7, 11) is 0. The number of hydrogen-bond acceptors (Lipinski definition) is 4. The highest BCUT2D eigenvalue weighted by Crippen LogP contribution is 2.33. The number of nitro groups is 1. The summed E-state index contributed by atoms with van der Waals surface area (Å²) in [5.74, 6) is -1.61. The van der Waals surface area contributed by atoms with Gasteiger partial charge in [0.25, 0.3) is 5.69 Å². The summed E-state index contributed by atoms with van der Waals surface area (Å²) in [6.45, 7) is 1.73. The number of nitro benzene ring substituents is 1. The van der Waals surface area contributed by atoms with Crippen LogP contribution >= 0.6 is 0 Å². The molecule has 0 radical (unpaired) electrons. The highest BCUT2D eigenvalue weighted by molar-refractivity contribution is 5.74. The van der Waals surface area contributed by atoms with Crippen molar-refractivity contribution >= 4 is 11.7 Å². The molecule has 0 saturated heterocycles.